The number of rotatable bonds is 11. The van der Waals surface area contributed by atoms with Gasteiger partial charge in [0.25, 0.3) is 5.91 Å². The number of benzene rings is 2. The predicted octanol–water partition coefficient (Wildman–Crippen LogP) is 6.47. The fraction of sp³-hybridized carbons (Fsp3) is 0.345. The van der Waals surface area contributed by atoms with Crippen LogP contribution in [0.2, 0.25) is 0 Å². The summed E-state index contributed by atoms with van der Waals surface area (Å²) in [5.74, 6) is 0.0335. The minimum atomic E-state index is -3.63. The molecule has 0 aliphatic carbocycles. The van der Waals surface area contributed by atoms with Crippen LogP contribution in [-0.4, -0.2) is 41.7 Å². The quantitative estimate of drug-likeness (QED) is 0.214. The van der Waals surface area contributed by atoms with Crippen LogP contribution in [-0.2, 0) is 16.6 Å². The summed E-state index contributed by atoms with van der Waals surface area (Å²) in [6.07, 6.45) is 3.41. The molecule has 0 N–H and O–H groups in total. The molecule has 2 aromatic heterocycles. The van der Waals surface area contributed by atoms with E-state index in [-0.39, 0.29) is 17.3 Å². The van der Waals surface area contributed by atoms with E-state index < -0.39 is 10.0 Å². The average molecular weight is 551 g/mol. The molecule has 0 saturated carbocycles. The highest BCUT2D eigenvalue weighted by molar-refractivity contribution is 7.89. The maximum atomic E-state index is 13.8. The molecule has 200 valence electrons. The zero-order chi connectivity index (χ0) is 27.3. The zero-order valence-corrected chi connectivity index (χ0v) is 23.9. The highest BCUT2D eigenvalue weighted by Gasteiger charge is 2.26. The molecule has 0 radical (unpaired) electrons. The van der Waals surface area contributed by atoms with Crippen LogP contribution in [0.1, 0.15) is 68.1 Å². The van der Waals surface area contributed by atoms with Crippen LogP contribution in [0.4, 0.5) is 5.13 Å². The van der Waals surface area contributed by atoms with Crippen molar-refractivity contribution >= 4 is 42.6 Å². The first kappa shape index (κ1) is 27.9. The lowest BCUT2D eigenvalue weighted by atomic mass is 10.0. The van der Waals surface area contributed by atoms with Crippen molar-refractivity contribution < 1.29 is 13.2 Å². The van der Waals surface area contributed by atoms with Gasteiger partial charge in [-0.1, -0.05) is 63.7 Å². The van der Waals surface area contributed by atoms with Gasteiger partial charge < -0.3 is 0 Å². The van der Waals surface area contributed by atoms with Gasteiger partial charge in [0.1, 0.15) is 0 Å². The van der Waals surface area contributed by atoms with Crippen molar-refractivity contribution in [1.29, 1.82) is 0 Å². The van der Waals surface area contributed by atoms with Crippen LogP contribution in [0.15, 0.2) is 71.8 Å². The maximum Gasteiger partial charge on any atom is 0.260 e. The van der Waals surface area contributed by atoms with Crippen molar-refractivity contribution in [3.63, 3.8) is 0 Å². The monoisotopic (exact) mass is 550 g/mol. The number of fused-ring (bicyclic) bond motifs is 1. The summed E-state index contributed by atoms with van der Waals surface area (Å²) < 4.78 is 28.8. The van der Waals surface area contributed by atoms with Crippen LogP contribution in [0, 0.1) is 0 Å². The lowest BCUT2D eigenvalue weighted by Gasteiger charge is -2.21. The molecule has 2 heterocycles. The molecule has 0 spiro atoms. The average Bonchev–Trinajstić information content (AvgIpc) is 3.36. The fourth-order valence-electron chi connectivity index (χ4n) is 4.28. The minimum Gasteiger partial charge on any atom is -0.278 e. The first-order valence-electron chi connectivity index (χ1n) is 13.0. The summed E-state index contributed by atoms with van der Waals surface area (Å²) in [6.45, 7) is 9.25. The number of aromatic nitrogens is 2. The smallest absolute Gasteiger partial charge is 0.260 e. The van der Waals surface area contributed by atoms with Crippen LogP contribution >= 0.6 is 11.3 Å². The largest absolute Gasteiger partial charge is 0.278 e. The third-order valence-corrected chi connectivity index (χ3v) is 9.47. The minimum absolute atomic E-state index is 0.185. The highest BCUT2D eigenvalue weighted by atomic mass is 32.2. The van der Waals surface area contributed by atoms with E-state index in [1.54, 1.807) is 23.2 Å². The Bertz CT molecular complexity index is 1480. The third-order valence-electron chi connectivity index (χ3n) is 6.44. The molecule has 4 aromatic rings. The first-order valence-corrected chi connectivity index (χ1v) is 15.2. The molecule has 7 nitrogen and oxygen atoms in total. The highest BCUT2D eigenvalue weighted by Crippen LogP contribution is 2.34. The number of para-hydroxylation sites is 1. The summed E-state index contributed by atoms with van der Waals surface area (Å²) in [5.41, 5.74) is 3.15. The second kappa shape index (κ2) is 12.1. The maximum absolute atomic E-state index is 13.8. The summed E-state index contributed by atoms with van der Waals surface area (Å²) in [6, 6.07) is 17.9. The molecule has 2 aromatic carbocycles. The number of hydrogen-bond acceptors (Lipinski definition) is 6. The van der Waals surface area contributed by atoms with Gasteiger partial charge in [0.2, 0.25) is 10.0 Å². The summed E-state index contributed by atoms with van der Waals surface area (Å²) >= 11 is 1.46. The second-order valence-electron chi connectivity index (χ2n) is 9.43. The standard InChI is InChI=1S/C29H34N4O3S2/c1-5-7-19-32(6-2)38(35,36)24-16-14-22(15-17-24)28(34)33(20-23-11-8-9-18-30-23)29-31-27-25(21(3)4)12-10-13-26(27)37-29/h8-18,21H,5-7,19-20H2,1-4H3. The number of nitrogens with zero attached hydrogens (tertiary/aromatic N) is 4. The Morgan fingerprint density at radius 1 is 1.00 bits per heavy atom. The van der Waals surface area contributed by atoms with E-state index in [2.05, 4.69) is 24.9 Å². The summed E-state index contributed by atoms with van der Waals surface area (Å²) in [4.78, 5) is 25.0. The molecule has 38 heavy (non-hydrogen) atoms. The molecule has 0 aliphatic rings. The third kappa shape index (κ3) is 5.95. The van der Waals surface area contributed by atoms with Crippen molar-refractivity contribution in [2.75, 3.05) is 18.0 Å². The number of hydrogen-bond donors (Lipinski definition) is 0. The Morgan fingerprint density at radius 2 is 1.76 bits per heavy atom. The molecule has 0 aliphatic heterocycles. The van der Waals surface area contributed by atoms with Crippen molar-refractivity contribution in [2.45, 2.75) is 57.9 Å². The van der Waals surface area contributed by atoms with Gasteiger partial charge in [0.05, 0.1) is 27.4 Å². The van der Waals surface area contributed by atoms with Crippen LogP contribution < -0.4 is 4.90 Å². The lowest BCUT2D eigenvalue weighted by molar-refractivity contribution is 0.0984. The second-order valence-corrected chi connectivity index (χ2v) is 12.4. The van der Waals surface area contributed by atoms with E-state index in [0.29, 0.717) is 29.7 Å². The Kier molecular flexibility index (Phi) is 8.91. The van der Waals surface area contributed by atoms with Crippen LogP contribution in [0.3, 0.4) is 0 Å². The van der Waals surface area contributed by atoms with Gasteiger partial charge in [-0.05, 0) is 60.4 Å². The Hall–Kier alpha value is -3.14. The Morgan fingerprint density at radius 3 is 2.39 bits per heavy atom. The molecule has 4 rings (SSSR count). The van der Waals surface area contributed by atoms with Gasteiger partial charge >= 0.3 is 0 Å². The van der Waals surface area contributed by atoms with E-state index in [0.717, 1.165) is 34.3 Å². The van der Waals surface area contributed by atoms with Gasteiger partial charge in [-0.25, -0.2) is 13.4 Å². The van der Waals surface area contributed by atoms with Crippen molar-refractivity contribution in [3.8, 4) is 0 Å². The molecule has 0 fully saturated rings. The summed E-state index contributed by atoms with van der Waals surface area (Å²) in [7, 11) is -3.63. The number of unbranched alkanes of at least 4 members (excludes halogenated alkanes) is 1. The first-order chi connectivity index (χ1) is 18.3. The molecule has 0 saturated heterocycles. The van der Waals surface area contributed by atoms with Gasteiger partial charge in [0, 0.05) is 24.8 Å². The Balaban J connectivity index is 1.70. The molecule has 9 heteroatoms. The summed E-state index contributed by atoms with van der Waals surface area (Å²) in [5, 5.41) is 0.581. The molecule has 0 bridgehead atoms. The number of pyridine rings is 1. The number of amides is 1. The molecule has 0 atom stereocenters. The lowest BCUT2D eigenvalue weighted by Crippen LogP contribution is -2.32. The van der Waals surface area contributed by atoms with E-state index in [1.807, 2.05) is 44.2 Å². The molecular weight excluding hydrogens is 516 g/mol. The Labute approximate surface area is 229 Å². The number of carbonyl (C=O) groups is 1. The number of thiazole rings is 1. The number of sulfonamides is 1. The molecule has 1 amide bonds. The van der Waals surface area contributed by atoms with Crippen LogP contribution in [0.25, 0.3) is 10.2 Å². The molecular formula is C29H34N4O3S2. The zero-order valence-electron chi connectivity index (χ0n) is 22.3. The van der Waals surface area contributed by atoms with Crippen molar-refractivity contribution in [2.24, 2.45) is 0 Å². The van der Waals surface area contributed by atoms with Gasteiger partial charge in [-0.15, -0.1) is 0 Å². The van der Waals surface area contributed by atoms with E-state index in [4.69, 9.17) is 4.98 Å². The van der Waals surface area contributed by atoms with Gasteiger partial charge in [0.15, 0.2) is 5.13 Å². The number of anilines is 1. The predicted molar refractivity (Wildman–Crippen MR) is 154 cm³/mol. The van der Waals surface area contributed by atoms with Crippen molar-refractivity contribution in [3.05, 3.63) is 83.7 Å². The van der Waals surface area contributed by atoms with Gasteiger partial charge in [-0.3, -0.25) is 14.7 Å². The number of carbonyl (C=O) groups excluding carboxylic acids is 1. The van der Waals surface area contributed by atoms with E-state index >= 15 is 0 Å². The molecule has 0 unspecified atom stereocenters. The topological polar surface area (TPSA) is 83.5 Å². The fourth-order valence-corrected chi connectivity index (χ4v) is 6.76. The van der Waals surface area contributed by atoms with E-state index in [9.17, 15) is 13.2 Å². The van der Waals surface area contributed by atoms with Crippen molar-refractivity contribution in [1.82, 2.24) is 14.3 Å². The van der Waals surface area contributed by atoms with Gasteiger partial charge in [-0.2, -0.15) is 4.31 Å². The normalized spacial score (nSPS) is 11.9. The van der Waals surface area contributed by atoms with E-state index in [1.165, 1.54) is 27.8 Å². The van der Waals surface area contributed by atoms with Crippen LogP contribution in [0.5, 0.6) is 0 Å². The SMILES string of the molecule is CCCCN(CC)S(=O)(=O)c1ccc(C(=O)N(Cc2ccccn2)c2nc3c(C(C)C)cccc3s2)cc1.